The van der Waals surface area contributed by atoms with Gasteiger partial charge in [0.25, 0.3) is 0 Å². The van der Waals surface area contributed by atoms with Gasteiger partial charge in [-0.15, -0.1) is 0 Å². The van der Waals surface area contributed by atoms with Crippen molar-refractivity contribution in [2.45, 2.75) is 34.0 Å². The molecule has 0 fully saturated rings. The van der Waals surface area contributed by atoms with Crippen LogP contribution in [0, 0.1) is 20.8 Å². The van der Waals surface area contributed by atoms with Crippen molar-refractivity contribution in [3.05, 3.63) is 231 Å². The third kappa shape index (κ3) is 14.5. The number of carbonyl (C=O) groups is 7. The van der Waals surface area contributed by atoms with Gasteiger partial charge in [-0.1, -0.05) is 36.4 Å². The van der Waals surface area contributed by atoms with Gasteiger partial charge in [-0.2, -0.15) is 0 Å². The highest BCUT2D eigenvalue weighted by Gasteiger charge is 2.27. The number of esters is 7. The van der Waals surface area contributed by atoms with Gasteiger partial charge in [0.2, 0.25) is 0 Å². The first-order chi connectivity index (χ1) is 47.9. The lowest BCUT2D eigenvalue weighted by molar-refractivity contribution is 0.0588. The molecular formula is C78H64O22. The first kappa shape index (κ1) is 69.7. The molecule has 10 aromatic rings. The molecular weight excluding hydrogens is 1290 g/mol. The van der Waals surface area contributed by atoms with Crippen molar-refractivity contribution in [3.63, 3.8) is 0 Å². The van der Waals surface area contributed by atoms with E-state index in [-0.39, 0.29) is 104 Å². The summed E-state index contributed by atoms with van der Waals surface area (Å²) in [6, 6.07) is 40.5. The number of rotatable bonds is 20. The monoisotopic (exact) mass is 1350 g/mol. The van der Waals surface area contributed by atoms with Crippen LogP contribution in [-0.2, 0) is 41.6 Å². The third-order valence-corrected chi connectivity index (χ3v) is 16.8. The Bertz CT molecular complexity index is 4520. The molecule has 0 aliphatic rings. The molecule has 0 spiro atoms. The standard InChI is InChI=1S/C78H64O22/c1-39-63(37-98-55-27-50(44-12-18-67(81)59(33-44)75(88)94-6)23-51(28-55)45-13-19-68(82)60(34-45)76(89)95-7)40(2)71(100-72(85)54-25-48(42-10-16-65(79)57(31-42)73(86)92-4)22-49(26-54)43-11-17-66(80)58(32-43)74(87)93-5)41(3)64(39)38-99-56-29-52(46-14-20-69(83)61(35-46)77(90)96-8)24-53(30-56)47-15-21-70(84)62(36-47)78(91)97-9/h10-36,79-84H,37-38H2,1-9H3. The Balaban J connectivity index is 1.14. The highest BCUT2D eigenvalue weighted by Crippen LogP contribution is 2.42. The van der Waals surface area contributed by atoms with Crippen LogP contribution in [0.2, 0.25) is 0 Å². The van der Waals surface area contributed by atoms with Gasteiger partial charge in [0.1, 0.15) is 98.3 Å². The van der Waals surface area contributed by atoms with Crippen LogP contribution in [-0.4, -0.2) is 115 Å². The molecule has 0 aliphatic carbocycles. The second-order valence-electron chi connectivity index (χ2n) is 22.8. The van der Waals surface area contributed by atoms with Gasteiger partial charge in [-0.05, 0) is 243 Å². The number of benzene rings is 10. The molecule has 0 saturated heterocycles. The van der Waals surface area contributed by atoms with Crippen LogP contribution >= 0.6 is 0 Å². The van der Waals surface area contributed by atoms with E-state index in [2.05, 4.69) is 0 Å². The predicted molar refractivity (Wildman–Crippen MR) is 364 cm³/mol. The first-order valence-electron chi connectivity index (χ1n) is 30.4. The Morgan fingerprint density at radius 2 is 0.490 bits per heavy atom. The van der Waals surface area contributed by atoms with Crippen molar-refractivity contribution in [1.82, 2.24) is 0 Å². The van der Waals surface area contributed by atoms with Crippen LogP contribution in [0.5, 0.6) is 51.7 Å². The molecule has 22 nitrogen and oxygen atoms in total. The molecule has 508 valence electrons. The van der Waals surface area contributed by atoms with E-state index in [1.165, 1.54) is 126 Å². The number of hydrogen-bond donors (Lipinski definition) is 6. The molecule has 22 heteroatoms. The summed E-state index contributed by atoms with van der Waals surface area (Å²) in [7, 11) is 6.99. The topological polar surface area (TPSA) is 324 Å². The Morgan fingerprint density at radius 3 is 0.710 bits per heavy atom. The second-order valence-corrected chi connectivity index (χ2v) is 22.8. The summed E-state index contributed by atoms with van der Waals surface area (Å²) < 4.78 is 49.9. The van der Waals surface area contributed by atoms with Crippen molar-refractivity contribution < 1.29 is 107 Å². The quantitative estimate of drug-likeness (QED) is 0.0234. The molecule has 10 rings (SSSR count). The Morgan fingerprint density at radius 1 is 0.270 bits per heavy atom. The van der Waals surface area contributed by atoms with Gasteiger partial charge >= 0.3 is 41.8 Å². The highest BCUT2D eigenvalue weighted by atomic mass is 16.6. The van der Waals surface area contributed by atoms with Crippen molar-refractivity contribution in [1.29, 1.82) is 0 Å². The van der Waals surface area contributed by atoms with Gasteiger partial charge in [-0.3, -0.25) is 0 Å². The summed E-state index contributed by atoms with van der Waals surface area (Å²) in [5, 5.41) is 64.4. The maximum Gasteiger partial charge on any atom is 0.343 e. The maximum absolute atomic E-state index is 15.3. The number of ether oxygens (including phenoxy) is 9. The lowest BCUT2D eigenvalue weighted by Gasteiger charge is -2.23. The van der Waals surface area contributed by atoms with Crippen molar-refractivity contribution in [2.75, 3.05) is 42.7 Å². The lowest BCUT2D eigenvalue weighted by atomic mass is 9.92. The smallest absolute Gasteiger partial charge is 0.343 e. The Labute approximate surface area is 571 Å². The predicted octanol–water partition coefficient (Wildman–Crippen LogP) is 13.9. The fourth-order valence-corrected chi connectivity index (χ4v) is 11.4. The fourth-order valence-electron chi connectivity index (χ4n) is 11.4. The van der Waals surface area contributed by atoms with E-state index in [0.29, 0.717) is 94.6 Å². The van der Waals surface area contributed by atoms with Crippen molar-refractivity contribution >= 4 is 41.8 Å². The summed E-state index contributed by atoms with van der Waals surface area (Å²) >= 11 is 0. The molecule has 0 atom stereocenters. The van der Waals surface area contributed by atoms with E-state index in [4.69, 9.17) is 42.6 Å². The lowest BCUT2D eigenvalue weighted by Crippen LogP contribution is -2.15. The number of phenols is 6. The number of carbonyl (C=O) groups excluding carboxylic acids is 7. The summed E-state index contributed by atoms with van der Waals surface area (Å²) in [5.74, 6) is -7.49. The van der Waals surface area contributed by atoms with Crippen molar-refractivity contribution in [3.8, 4) is 119 Å². The normalized spacial score (nSPS) is 10.8. The second kappa shape index (κ2) is 29.5. The molecule has 0 saturated carbocycles. The highest BCUT2D eigenvalue weighted by molar-refractivity contribution is 6.00. The van der Waals surface area contributed by atoms with E-state index < -0.39 is 41.8 Å². The molecule has 0 aliphatic heterocycles. The largest absolute Gasteiger partial charge is 0.507 e. The SMILES string of the molecule is COC(=O)c1cc(-c2cc(OCc3c(C)c(COc4cc(-c5ccc(O)c(C(=O)OC)c5)cc(-c5ccc(O)c(C(=O)OC)c5)c4)c(C)c(OC(=O)c4cc(-c5ccc(O)c(C(=O)OC)c5)cc(-c5ccc(O)c(C(=O)OC)c5)c4)c3C)cc(-c3ccc(O)c(C(=O)OC)c3)c2)ccc1O. The van der Waals surface area contributed by atoms with Crippen LogP contribution in [0.3, 0.4) is 0 Å². The third-order valence-electron chi connectivity index (χ3n) is 16.8. The average molecular weight is 1350 g/mol. The number of phenolic OH excluding ortho intramolecular Hbond substituents is 6. The van der Waals surface area contributed by atoms with Crippen LogP contribution in [0.4, 0.5) is 0 Å². The molecule has 6 N–H and O–H groups in total. The fraction of sp³-hybridized carbons (Fsp3) is 0.141. The minimum absolute atomic E-state index is 0.0524. The van der Waals surface area contributed by atoms with Crippen molar-refractivity contribution in [2.24, 2.45) is 0 Å². The number of hydrogen-bond acceptors (Lipinski definition) is 22. The van der Waals surface area contributed by atoms with E-state index >= 15 is 4.79 Å². The van der Waals surface area contributed by atoms with Crippen LogP contribution in [0.25, 0.3) is 66.8 Å². The molecule has 0 aromatic heterocycles. The van der Waals surface area contributed by atoms with Gasteiger partial charge < -0.3 is 73.3 Å². The van der Waals surface area contributed by atoms with Gasteiger partial charge in [0.15, 0.2) is 0 Å². The molecule has 100 heavy (non-hydrogen) atoms. The minimum Gasteiger partial charge on any atom is -0.507 e. The van der Waals surface area contributed by atoms with Gasteiger partial charge in [-0.25, -0.2) is 33.6 Å². The number of methoxy groups -OCH3 is 6. The molecule has 10 aromatic carbocycles. The summed E-state index contributed by atoms with van der Waals surface area (Å²) in [4.78, 5) is 92.8. The van der Waals surface area contributed by atoms with Crippen LogP contribution in [0.15, 0.2) is 164 Å². The average Bonchev–Trinajstić information content (AvgIpc) is 0.779. The number of aromatic hydroxyl groups is 6. The van der Waals surface area contributed by atoms with E-state index in [9.17, 15) is 59.4 Å². The van der Waals surface area contributed by atoms with Gasteiger partial charge in [0.05, 0.1) is 48.2 Å². The van der Waals surface area contributed by atoms with E-state index in [0.717, 1.165) is 14.2 Å². The molecule has 0 radical (unpaired) electrons. The molecule has 0 unspecified atom stereocenters. The van der Waals surface area contributed by atoms with E-state index in [1.54, 1.807) is 80.6 Å². The molecule has 0 heterocycles. The van der Waals surface area contributed by atoms with E-state index in [1.807, 2.05) is 6.92 Å². The summed E-state index contributed by atoms with van der Waals surface area (Å²) in [6.07, 6.45) is 0. The zero-order valence-corrected chi connectivity index (χ0v) is 55.2. The van der Waals surface area contributed by atoms with Crippen LogP contribution in [0.1, 0.15) is 100 Å². The Hall–Kier alpha value is -13.1. The minimum atomic E-state index is -0.911. The van der Waals surface area contributed by atoms with Crippen LogP contribution < -0.4 is 14.2 Å². The zero-order valence-electron chi connectivity index (χ0n) is 55.2. The Kier molecular flexibility index (Phi) is 20.6. The molecule has 0 amide bonds. The zero-order chi connectivity index (χ0) is 72.0. The first-order valence-corrected chi connectivity index (χ1v) is 30.4. The maximum atomic E-state index is 15.3. The molecule has 0 bridgehead atoms. The summed E-state index contributed by atoms with van der Waals surface area (Å²) in [5.41, 5.74) is 6.31. The summed E-state index contributed by atoms with van der Waals surface area (Å²) in [6.45, 7) is 4.76. The van der Waals surface area contributed by atoms with Gasteiger partial charge in [0, 0.05) is 0 Å².